The summed E-state index contributed by atoms with van der Waals surface area (Å²) in [7, 11) is -4.41. The summed E-state index contributed by atoms with van der Waals surface area (Å²) in [6.07, 6.45) is 4.97. The normalized spacial score (nSPS) is 19.7. The third-order valence-corrected chi connectivity index (χ3v) is 17.3. The monoisotopic (exact) mass is 1110 g/mol. The molecule has 5 aromatic rings. The Labute approximate surface area is 447 Å². The second-order valence-electron chi connectivity index (χ2n) is 18.7. The van der Waals surface area contributed by atoms with E-state index in [-0.39, 0.29) is 89.0 Å². The Bertz CT molecular complexity index is 2970. The van der Waals surface area contributed by atoms with Gasteiger partial charge in [-0.15, -0.1) is 11.8 Å². The number of halogens is 4. The van der Waals surface area contributed by atoms with Gasteiger partial charge in [0.1, 0.15) is 22.3 Å². The molecule has 396 valence electrons. The van der Waals surface area contributed by atoms with Gasteiger partial charge in [-0.1, -0.05) is 65.7 Å². The Balaban J connectivity index is 0.820. The molecule has 5 heterocycles. The van der Waals surface area contributed by atoms with E-state index in [4.69, 9.17) is 42.1 Å². The lowest BCUT2D eigenvalue weighted by atomic mass is 9.86. The molecule has 5 fully saturated rings. The average molecular weight is 1110 g/mol. The highest BCUT2D eigenvalue weighted by Crippen LogP contribution is 2.40. The summed E-state index contributed by atoms with van der Waals surface area (Å²) in [6.45, 7) is 0.0312. The lowest BCUT2D eigenvalue weighted by Gasteiger charge is -2.44. The Morgan fingerprint density at radius 1 is 0.813 bits per heavy atom. The quantitative estimate of drug-likeness (QED) is 0.0531. The van der Waals surface area contributed by atoms with Crippen LogP contribution in [0.25, 0.3) is 0 Å². The minimum atomic E-state index is -4.41. The summed E-state index contributed by atoms with van der Waals surface area (Å²) < 4.78 is 79.2. The molecule has 0 radical (unpaired) electrons. The van der Waals surface area contributed by atoms with Crippen LogP contribution in [-0.4, -0.2) is 111 Å². The van der Waals surface area contributed by atoms with Gasteiger partial charge in [-0.3, -0.25) is 19.4 Å². The third-order valence-electron chi connectivity index (χ3n) is 13.5. The number of thioether (sulfide) groups is 1. The Morgan fingerprint density at radius 3 is 2.17 bits per heavy atom. The van der Waals surface area contributed by atoms with Crippen molar-refractivity contribution in [3.05, 3.63) is 147 Å². The Hall–Kier alpha value is -6.03. The van der Waals surface area contributed by atoms with Crippen molar-refractivity contribution in [2.45, 2.75) is 67.7 Å². The van der Waals surface area contributed by atoms with Crippen LogP contribution in [0.2, 0.25) is 10.0 Å². The number of carbonyl (C=O) groups is 4. The van der Waals surface area contributed by atoms with Gasteiger partial charge in [0.2, 0.25) is 10.0 Å². The van der Waals surface area contributed by atoms with Crippen molar-refractivity contribution in [1.29, 1.82) is 0 Å². The van der Waals surface area contributed by atoms with Crippen LogP contribution in [0.3, 0.4) is 0 Å². The highest BCUT2D eigenvalue weighted by atomic mass is 35.5. The zero-order valence-electron chi connectivity index (χ0n) is 40.5. The van der Waals surface area contributed by atoms with Crippen molar-refractivity contribution < 1.29 is 60.3 Å². The van der Waals surface area contributed by atoms with Gasteiger partial charge in [0.25, 0.3) is 11.8 Å². The number of para-hydroxylation sites is 1. The van der Waals surface area contributed by atoms with Gasteiger partial charge in [0, 0.05) is 60.7 Å². The number of sulfonamides is 1. The third kappa shape index (κ3) is 13.5. The molecule has 4 aromatic carbocycles. The van der Waals surface area contributed by atoms with Crippen LogP contribution in [0.5, 0.6) is 11.5 Å². The van der Waals surface area contributed by atoms with Crippen LogP contribution in [-0.2, 0) is 37.3 Å². The molecule has 22 heteroatoms. The van der Waals surface area contributed by atoms with Crippen LogP contribution < -0.4 is 30.0 Å². The maximum Gasteiger partial charge on any atom is 0.414 e. The summed E-state index contributed by atoms with van der Waals surface area (Å²) in [6, 6.07) is 25.7. The number of piperidine rings is 3. The van der Waals surface area contributed by atoms with Gasteiger partial charge in [-0.05, 0) is 116 Å². The zero-order chi connectivity index (χ0) is 52.6. The molecule has 3 N–H and O–H groups in total. The van der Waals surface area contributed by atoms with E-state index in [9.17, 15) is 36.4 Å². The largest absolute Gasteiger partial charge is 0.489 e. The van der Waals surface area contributed by atoms with E-state index in [1.54, 1.807) is 23.1 Å². The van der Waals surface area contributed by atoms with Crippen LogP contribution in [0.1, 0.15) is 69.2 Å². The molecule has 4 aliphatic heterocycles. The number of carbonyl (C=O) groups excluding carboxylic acids is 4. The van der Waals surface area contributed by atoms with E-state index >= 15 is 0 Å². The molecule has 75 heavy (non-hydrogen) atoms. The first-order valence-corrected chi connectivity index (χ1v) is 27.8. The number of ether oxygens (including phenoxy) is 4. The fourth-order valence-electron chi connectivity index (χ4n) is 9.28. The molecular formula is C53H55Cl2F2N6O10S2+. The summed E-state index contributed by atoms with van der Waals surface area (Å²) >= 11 is 14.1. The van der Waals surface area contributed by atoms with Gasteiger partial charge >= 0.3 is 18.7 Å². The first kappa shape index (κ1) is 53.8. The molecule has 16 nitrogen and oxygen atoms in total. The maximum atomic E-state index is 14.3. The molecule has 1 unspecified atom stereocenters. The molecule has 3 amide bonds. The van der Waals surface area contributed by atoms with E-state index in [0.717, 1.165) is 61.4 Å². The van der Waals surface area contributed by atoms with Crippen molar-refractivity contribution in [2.75, 3.05) is 56.5 Å². The smallest absolute Gasteiger partial charge is 0.414 e. The molecule has 5 aliphatic rings. The Kier molecular flexibility index (Phi) is 17.4. The number of alkyl halides is 2. The summed E-state index contributed by atoms with van der Waals surface area (Å²) in [5.41, 5.74) is 2.45. The molecule has 1 aromatic heterocycles. The van der Waals surface area contributed by atoms with Gasteiger partial charge in [0.05, 0.1) is 18.0 Å². The predicted octanol–water partition coefficient (Wildman–Crippen LogP) is 8.19. The molecule has 4 saturated heterocycles. The number of H-pyrrole nitrogens is 1. The number of hydrogen-bond acceptors (Lipinski definition) is 12. The number of amides is 3. The molecule has 0 spiro atoms. The molecule has 1 aliphatic carbocycles. The van der Waals surface area contributed by atoms with Crippen molar-refractivity contribution in [3.8, 4) is 11.5 Å². The fraction of sp³-hybridized carbons (Fsp3) is 0.377. The predicted molar refractivity (Wildman–Crippen MR) is 277 cm³/mol. The second kappa shape index (κ2) is 24.3. The van der Waals surface area contributed by atoms with Gasteiger partial charge in [0.15, 0.2) is 29.3 Å². The van der Waals surface area contributed by atoms with Gasteiger partial charge in [-0.2, -0.15) is 13.1 Å². The second-order valence-corrected chi connectivity index (χ2v) is 22.6. The first-order chi connectivity index (χ1) is 36.2. The zero-order valence-corrected chi connectivity index (χ0v) is 43.7. The lowest BCUT2D eigenvalue weighted by molar-refractivity contribution is -0.377. The molecular weight excluding hydrogens is 1050 g/mol. The minimum absolute atomic E-state index is 0.0000713. The van der Waals surface area contributed by atoms with E-state index in [1.165, 1.54) is 54.9 Å². The summed E-state index contributed by atoms with van der Waals surface area (Å²) in [5, 5.41) is 4.62. The van der Waals surface area contributed by atoms with Crippen LogP contribution in [0.4, 0.5) is 19.3 Å². The van der Waals surface area contributed by atoms with E-state index in [0.29, 0.717) is 33.9 Å². The van der Waals surface area contributed by atoms with E-state index in [2.05, 4.69) is 20.5 Å². The summed E-state index contributed by atoms with van der Waals surface area (Å²) in [4.78, 5) is 61.1. The Morgan fingerprint density at radius 2 is 1.51 bits per heavy atom. The topological polar surface area (TPSA) is 187 Å². The van der Waals surface area contributed by atoms with Crippen molar-refractivity contribution in [2.24, 2.45) is 11.8 Å². The SMILES string of the molecule is O=C(NCCNC(=O)c1cccc(S(=O)(=O)N2CCS[C@H]2C(=O)OC(Cc2c(Cl)c[nH+]cc2Cl)c2ccc(OC(F)F)c(OCC3CC3)c2)c1)c1cccc(CN(C(=O)O[C@H]2CN3CCC2CC3)c2ccccc2)c1. The highest BCUT2D eigenvalue weighted by molar-refractivity contribution is 8.02. The fourth-order valence-corrected chi connectivity index (χ4v) is 12.9. The first-order valence-electron chi connectivity index (χ1n) is 24.6. The molecule has 3 atom stereocenters. The summed E-state index contributed by atoms with van der Waals surface area (Å²) in [5.74, 6) is -1.28. The lowest BCUT2D eigenvalue weighted by Crippen LogP contribution is -2.53. The van der Waals surface area contributed by atoms with Crippen LogP contribution in [0, 0.1) is 11.8 Å². The number of esters is 1. The number of benzene rings is 4. The van der Waals surface area contributed by atoms with Gasteiger partial charge in [-0.25, -0.2) is 23.0 Å². The molecule has 2 bridgehead atoms. The van der Waals surface area contributed by atoms with Crippen molar-refractivity contribution >= 4 is 74.6 Å². The number of anilines is 1. The molecule has 10 rings (SSSR count). The standard InChI is InChI=1S/C53H54Cl2F2N6O10S2/c54-42-28-58-29-43(55)41(42)27-45(36-14-15-44(72-52(56)57)46(26-36)70-32-33-12-13-33)71-51(66)50-63(22-23-74-50)75(68,69)40-11-5-8-38(25-40)49(65)60-19-18-59-48(64)37-7-4-6-34(24-37)30-62(39-9-2-1-3-10-39)53(67)73-47-31-61-20-16-35(47)17-21-61/h1-11,14-15,24-26,28-29,33,35,45,47,50,52H,12-13,16-23,27,30-32H2,(H,59,64)(H,60,65)/p+1/t45?,47-,50-/m0/s1. The highest BCUT2D eigenvalue weighted by Gasteiger charge is 2.43. The van der Waals surface area contributed by atoms with Crippen molar-refractivity contribution in [3.63, 3.8) is 0 Å². The van der Waals surface area contributed by atoms with Crippen molar-refractivity contribution in [1.82, 2.24) is 19.8 Å². The number of nitrogens with zero attached hydrogens (tertiary/aromatic N) is 3. The minimum Gasteiger partial charge on any atom is -0.489 e. The van der Waals surface area contributed by atoms with Crippen LogP contribution in [0.15, 0.2) is 114 Å². The number of nitrogens with one attached hydrogen (secondary N) is 3. The number of aromatic amines is 1. The van der Waals surface area contributed by atoms with Crippen LogP contribution >= 0.6 is 35.0 Å². The maximum absolute atomic E-state index is 14.3. The number of rotatable bonds is 21. The number of hydrogen-bond donors (Lipinski definition) is 2. The number of aromatic nitrogens is 1. The number of fused-ring (bicyclic) bond motifs is 3. The van der Waals surface area contributed by atoms with Gasteiger partial charge < -0.3 is 29.6 Å². The average Bonchev–Trinajstić information content (AvgIpc) is 4.12. The molecule has 1 saturated carbocycles. The number of pyridine rings is 1. The van der Waals surface area contributed by atoms with E-state index in [1.807, 2.05) is 36.4 Å². The van der Waals surface area contributed by atoms with E-state index < -0.39 is 52.0 Å².